The van der Waals surface area contributed by atoms with Crippen molar-refractivity contribution in [2.75, 3.05) is 26.2 Å². The van der Waals surface area contributed by atoms with Crippen LogP contribution in [0.15, 0.2) is 29.6 Å². The molecule has 1 aliphatic rings. The van der Waals surface area contributed by atoms with Crippen LogP contribution in [-0.2, 0) is 6.54 Å². The van der Waals surface area contributed by atoms with Crippen LogP contribution in [0.3, 0.4) is 0 Å². The van der Waals surface area contributed by atoms with Gasteiger partial charge >= 0.3 is 0 Å². The Morgan fingerprint density at radius 3 is 2.95 bits per heavy atom. The predicted molar refractivity (Wildman–Crippen MR) is 80.4 cm³/mol. The second-order valence-corrected chi connectivity index (χ2v) is 5.96. The van der Waals surface area contributed by atoms with Crippen LogP contribution in [0.4, 0.5) is 0 Å². The van der Waals surface area contributed by atoms with E-state index in [0.717, 1.165) is 38.4 Å². The Hall–Kier alpha value is -1.23. The van der Waals surface area contributed by atoms with Gasteiger partial charge in [-0.2, -0.15) is 0 Å². The number of piperazine rings is 1. The molecule has 2 aromatic rings. The van der Waals surface area contributed by atoms with E-state index in [1.54, 1.807) is 11.3 Å². The minimum atomic E-state index is 0.984. The average molecular weight is 273 g/mol. The van der Waals surface area contributed by atoms with Gasteiger partial charge in [0.15, 0.2) is 0 Å². The number of benzene rings is 1. The molecule has 1 aromatic heterocycles. The molecule has 1 saturated heterocycles. The van der Waals surface area contributed by atoms with Gasteiger partial charge in [-0.1, -0.05) is 23.8 Å². The highest BCUT2D eigenvalue weighted by atomic mass is 32.1. The first kappa shape index (κ1) is 12.8. The fourth-order valence-corrected chi connectivity index (χ4v) is 3.23. The van der Waals surface area contributed by atoms with Crippen LogP contribution in [0.1, 0.15) is 10.6 Å². The predicted octanol–water partition coefficient (Wildman–Crippen LogP) is 2.52. The summed E-state index contributed by atoms with van der Waals surface area (Å²) >= 11 is 1.77. The Morgan fingerprint density at radius 1 is 1.32 bits per heavy atom. The molecule has 1 aliphatic heterocycles. The van der Waals surface area contributed by atoms with Crippen LogP contribution in [0.2, 0.25) is 0 Å². The molecule has 100 valence electrons. The van der Waals surface area contributed by atoms with Crippen LogP contribution >= 0.6 is 11.3 Å². The minimum absolute atomic E-state index is 0.984. The molecule has 1 fully saturated rings. The third-order valence-electron chi connectivity index (χ3n) is 3.43. The van der Waals surface area contributed by atoms with Crippen molar-refractivity contribution in [1.29, 1.82) is 0 Å². The van der Waals surface area contributed by atoms with Crippen molar-refractivity contribution in [2.24, 2.45) is 0 Å². The zero-order chi connectivity index (χ0) is 13.1. The molecule has 0 aliphatic carbocycles. The van der Waals surface area contributed by atoms with Crippen molar-refractivity contribution in [2.45, 2.75) is 13.5 Å². The molecule has 1 aromatic carbocycles. The second kappa shape index (κ2) is 5.82. The number of thiazole rings is 1. The monoisotopic (exact) mass is 273 g/mol. The van der Waals surface area contributed by atoms with E-state index in [1.165, 1.54) is 16.1 Å². The fourth-order valence-electron chi connectivity index (χ4n) is 2.38. The summed E-state index contributed by atoms with van der Waals surface area (Å²) in [5, 5.41) is 6.77. The molecule has 0 amide bonds. The molecular formula is C15H19N3S. The number of aromatic nitrogens is 1. The maximum Gasteiger partial charge on any atom is 0.107 e. The summed E-state index contributed by atoms with van der Waals surface area (Å²) in [5.74, 6) is 0. The van der Waals surface area contributed by atoms with Crippen molar-refractivity contribution >= 4 is 11.3 Å². The largest absolute Gasteiger partial charge is 0.314 e. The van der Waals surface area contributed by atoms with Crippen LogP contribution in [0.25, 0.3) is 11.3 Å². The van der Waals surface area contributed by atoms with E-state index < -0.39 is 0 Å². The van der Waals surface area contributed by atoms with E-state index in [2.05, 4.69) is 46.8 Å². The van der Waals surface area contributed by atoms with Crippen molar-refractivity contribution in [3.8, 4) is 11.3 Å². The number of rotatable bonds is 3. The molecule has 1 N–H and O–H groups in total. The van der Waals surface area contributed by atoms with Crippen LogP contribution in [0.5, 0.6) is 0 Å². The third-order valence-corrected chi connectivity index (χ3v) is 4.27. The van der Waals surface area contributed by atoms with E-state index in [9.17, 15) is 0 Å². The second-order valence-electron chi connectivity index (χ2n) is 5.02. The molecule has 0 unspecified atom stereocenters. The molecule has 0 radical (unpaired) electrons. The van der Waals surface area contributed by atoms with Crippen molar-refractivity contribution in [3.05, 3.63) is 40.2 Å². The molecule has 3 nitrogen and oxygen atoms in total. The highest BCUT2D eigenvalue weighted by molar-refractivity contribution is 7.09. The quantitative estimate of drug-likeness (QED) is 0.931. The maximum atomic E-state index is 4.77. The molecule has 4 heteroatoms. The van der Waals surface area contributed by atoms with Crippen molar-refractivity contribution < 1.29 is 0 Å². The maximum absolute atomic E-state index is 4.77. The zero-order valence-electron chi connectivity index (χ0n) is 11.2. The molecule has 0 saturated carbocycles. The molecule has 0 atom stereocenters. The van der Waals surface area contributed by atoms with Crippen LogP contribution < -0.4 is 5.32 Å². The van der Waals surface area contributed by atoms with Crippen LogP contribution in [-0.4, -0.2) is 36.1 Å². The molecule has 0 spiro atoms. The van der Waals surface area contributed by atoms with Crippen molar-refractivity contribution in [3.63, 3.8) is 0 Å². The average Bonchev–Trinajstić information content (AvgIpc) is 2.88. The summed E-state index contributed by atoms with van der Waals surface area (Å²) in [6.45, 7) is 7.54. The molecule has 19 heavy (non-hydrogen) atoms. The highest BCUT2D eigenvalue weighted by Crippen LogP contribution is 2.23. The van der Waals surface area contributed by atoms with E-state index in [-0.39, 0.29) is 0 Å². The van der Waals surface area contributed by atoms with Gasteiger partial charge in [0.2, 0.25) is 0 Å². The van der Waals surface area contributed by atoms with Gasteiger partial charge in [0.1, 0.15) is 5.01 Å². The van der Waals surface area contributed by atoms with Gasteiger partial charge in [-0.15, -0.1) is 11.3 Å². The fraction of sp³-hybridized carbons (Fsp3) is 0.400. The Labute approximate surface area is 118 Å². The number of nitrogens with one attached hydrogen (secondary N) is 1. The van der Waals surface area contributed by atoms with Gasteiger partial charge < -0.3 is 5.32 Å². The van der Waals surface area contributed by atoms with Gasteiger partial charge in [-0.05, 0) is 13.0 Å². The van der Waals surface area contributed by atoms with Gasteiger partial charge in [0.25, 0.3) is 0 Å². The number of nitrogens with zero attached hydrogens (tertiary/aromatic N) is 2. The van der Waals surface area contributed by atoms with Crippen LogP contribution in [0, 0.1) is 6.92 Å². The summed E-state index contributed by atoms with van der Waals surface area (Å²) in [6, 6.07) is 8.55. The highest BCUT2D eigenvalue weighted by Gasteiger charge is 2.12. The molecule has 0 bridgehead atoms. The van der Waals surface area contributed by atoms with Gasteiger partial charge in [0, 0.05) is 37.1 Å². The Bertz CT molecular complexity index is 544. The standard InChI is InChI=1S/C15H19N3S/c1-12-3-2-4-13(9-12)14-11-19-15(17-14)10-18-7-5-16-6-8-18/h2-4,9,11,16H,5-8,10H2,1H3. The van der Waals surface area contributed by atoms with E-state index in [0.29, 0.717) is 0 Å². The first-order valence-electron chi connectivity index (χ1n) is 6.76. The summed E-state index contributed by atoms with van der Waals surface area (Å²) in [6.07, 6.45) is 0. The SMILES string of the molecule is Cc1cccc(-c2csc(CN3CCNCC3)n2)c1. The smallest absolute Gasteiger partial charge is 0.107 e. The van der Waals surface area contributed by atoms with Gasteiger partial charge in [-0.3, -0.25) is 4.90 Å². The lowest BCUT2D eigenvalue weighted by molar-refractivity contribution is 0.233. The van der Waals surface area contributed by atoms with E-state index >= 15 is 0 Å². The molecular weight excluding hydrogens is 254 g/mol. The van der Waals surface area contributed by atoms with Gasteiger partial charge in [0.05, 0.1) is 12.2 Å². The number of hydrogen-bond donors (Lipinski definition) is 1. The Kier molecular flexibility index (Phi) is 3.92. The summed E-state index contributed by atoms with van der Waals surface area (Å²) in [7, 11) is 0. The topological polar surface area (TPSA) is 28.2 Å². The zero-order valence-corrected chi connectivity index (χ0v) is 12.0. The first-order valence-corrected chi connectivity index (χ1v) is 7.64. The van der Waals surface area contributed by atoms with Crippen molar-refractivity contribution in [1.82, 2.24) is 15.2 Å². The Morgan fingerprint density at radius 2 is 2.16 bits per heavy atom. The summed E-state index contributed by atoms with van der Waals surface area (Å²) in [4.78, 5) is 7.24. The number of aryl methyl sites for hydroxylation is 1. The molecule has 3 rings (SSSR count). The normalized spacial score (nSPS) is 16.7. The summed E-state index contributed by atoms with van der Waals surface area (Å²) in [5.41, 5.74) is 3.62. The van der Waals surface area contributed by atoms with E-state index in [1.807, 2.05) is 0 Å². The Balaban J connectivity index is 1.72. The lowest BCUT2D eigenvalue weighted by Crippen LogP contribution is -2.42. The number of hydrogen-bond acceptors (Lipinski definition) is 4. The lowest BCUT2D eigenvalue weighted by Gasteiger charge is -2.26. The third kappa shape index (κ3) is 3.21. The molecule has 2 heterocycles. The minimum Gasteiger partial charge on any atom is -0.314 e. The summed E-state index contributed by atoms with van der Waals surface area (Å²) < 4.78 is 0. The first-order chi connectivity index (χ1) is 9.31. The lowest BCUT2D eigenvalue weighted by atomic mass is 10.1. The van der Waals surface area contributed by atoms with Gasteiger partial charge in [-0.25, -0.2) is 4.98 Å². The van der Waals surface area contributed by atoms with E-state index in [4.69, 9.17) is 4.98 Å².